The molecule has 0 radical (unpaired) electrons. The third-order valence-corrected chi connectivity index (χ3v) is 8.92. The van der Waals surface area contributed by atoms with Crippen molar-refractivity contribution in [3.05, 3.63) is 30.3 Å². The molecule has 19 heavy (non-hydrogen) atoms. The van der Waals surface area contributed by atoms with Gasteiger partial charge in [0.05, 0.1) is 0 Å². The number of halogens is 1. The van der Waals surface area contributed by atoms with Gasteiger partial charge in [0.25, 0.3) is 0 Å². The quantitative estimate of drug-likeness (QED) is 0.437. The van der Waals surface area contributed by atoms with Crippen LogP contribution in [0.1, 0.15) is 12.8 Å². The molecule has 0 saturated carbocycles. The van der Waals surface area contributed by atoms with Gasteiger partial charge in [0.2, 0.25) is 0 Å². The van der Waals surface area contributed by atoms with Gasteiger partial charge in [-0.1, -0.05) is 0 Å². The summed E-state index contributed by atoms with van der Waals surface area (Å²) in [5.41, 5.74) is -0.298. The van der Waals surface area contributed by atoms with E-state index < -0.39 is 0 Å². The first-order valence-corrected chi connectivity index (χ1v) is 9.17. The minimum absolute atomic E-state index is 0.0757. The molecule has 1 aromatic rings. The molecular weight excluding hydrogens is 375 g/mol. The van der Waals surface area contributed by atoms with Gasteiger partial charge in [-0.25, -0.2) is 0 Å². The molecule has 3 aliphatic rings. The van der Waals surface area contributed by atoms with E-state index in [0.717, 1.165) is 6.42 Å². The fourth-order valence-electron chi connectivity index (χ4n) is 3.28. The average Bonchev–Trinajstić information content (AvgIpc) is 2.88. The SMILES string of the molecule is O=C1C[C@@]2(C[C@@H]3O[C@H]2[C@@H]([Se]c2ccccc2)[C@@H]3Br)O1. The van der Waals surface area contributed by atoms with Crippen LogP contribution in [0.15, 0.2) is 30.3 Å². The standard InChI is InChI=1S/C14H13BrO3Se/c15-11-9-6-14(7-10(16)18-14)13(17-9)12(11)19-8-4-2-1-3-5-8/h1-5,9,11-13H,6-7H2/t9-,11+,12-,13-,14+/m0/s1. The number of fused-ring (bicyclic) bond motifs is 3. The number of ether oxygens (including phenoxy) is 2. The van der Waals surface area contributed by atoms with Crippen LogP contribution in [-0.4, -0.2) is 43.6 Å². The number of rotatable bonds is 2. The monoisotopic (exact) mass is 388 g/mol. The molecule has 4 rings (SSSR count). The van der Waals surface area contributed by atoms with Crippen LogP contribution in [0, 0.1) is 0 Å². The predicted octanol–water partition coefficient (Wildman–Crippen LogP) is 1.42. The molecule has 3 saturated heterocycles. The summed E-state index contributed by atoms with van der Waals surface area (Å²) in [6.07, 6.45) is 1.68. The van der Waals surface area contributed by atoms with Crippen molar-refractivity contribution in [3.63, 3.8) is 0 Å². The Labute approximate surface area is 126 Å². The maximum atomic E-state index is 11.2. The van der Waals surface area contributed by atoms with Crippen molar-refractivity contribution in [3.8, 4) is 0 Å². The zero-order valence-corrected chi connectivity index (χ0v) is 13.4. The summed E-state index contributed by atoms with van der Waals surface area (Å²) in [7, 11) is 0. The first kappa shape index (κ1) is 12.4. The molecular formula is C14H13BrO3Se. The van der Waals surface area contributed by atoms with Crippen LogP contribution in [0.2, 0.25) is 4.82 Å². The van der Waals surface area contributed by atoms with Crippen molar-refractivity contribution in [2.24, 2.45) is 0 Å². The molecule has 0 aliphatic carbocycles. The molecule has 100 valence electrons. The van der Waals surface area contributed by atoms with E-state index >= 15 is 0 Å². The second-order valence-electron chi connectivity index (χ2n) is 5.35. The Morgan fingerprint density at radius 2 is 2.05 bits per heavy atom. The predicted molar refractivity (Wildman–Crippen MR) is 75.0 cm³/mol. The third kappa shape index (κ3) is 1.83. The molecule has 0 aromatic heterocycles. The summed E-state index contributed by atoms with van der Waals surface area (Å²) in [5, 5.41) is 0. The first-order chi connectivity index (χ1) is 9.18. The second kappa shape index (κ2) is 4.32. The van der Waals surface area contributed by atoms with E-state index in [0.29, 0.717) is 31.0 Å². The Bertz CT molecular complexity index is 513. The molecule has 2 bridgehead atoms. The van der Waals surface area contributed by atoms with Crippen molar-refractivity contribution in [1.29, 1.82) is 0 Å². The van der Waals surface area contributed by atoms with Crippen molar-refractivity contribution in [1.82, 2.24) is 0 Å². The zero-order valence-electron chi connectivity index (χ0n) is 10.1. The van der Waals surface area contributed by atoms with E-state index in [9.17, 15) is 4.79 Å². The fourth-order valence-corrected chi connectivity index (χ4v) is 7.30. The van der Waals surface area contributed by atoms with Gasteiger partial charge in [0.15, 0.2) is 0 Å². The summed E-state index contributed by atoms with van der Waals surface area (Å²) < 4.78 is 12.9. The summed E-state index contributed by atoms with van der Waals surface area (Å²) in [6, 6.07) is 10.5. The van der Waals surface area contributed by atoms with Crippen LogP contribution in [0.5, 0.6) is 0 Å². The van der Waals surface area contributed by atoms with Gasteiger partial charge in [-0.05, 0) is 0 Å². The third-order valence-electron chi connectivity index (χ3n) is 4.13. The molecule has 3 aliphatic heterocycles. The Kier molecular flexibility index (Phi) is 2.82. The molecule has 0 N–H and O–H groups in total. The van der Waals surface area contributed by atoms with Gasteiger partial charge < -0.3 is 0 Å². The maximum absolute atomic E-state index is 11.2. The van der Waals surface area contributed by atoms with Crippen molar-refractivity contribution < 1.29 is 14.3 Å². The molecule has 3 nitrogen and oxygen atoms in total. The van der Waals surface area contributed by atoms with Gasteiger partial charge >= 0.3 is 126 Å². The molecule has 0 amide bonds. The van der Waals surface area contributed by atoms with Gasteiger partial charge in [0.1, 0.15) is 0 Å². The number of alkyl halides is 1. The van der Waals surface area contributed by atoms with E-state index in [2.05, 4.69) is 40.2 Å². The van der Waals surface area contributed by atoms with E-state index in [1.54, 1.807) is 0 Å². The normalized spacial score (nSPS) is 43.3. The van der Waals surface area contributed by atoms with Gasteiger partial charge in [-0.15, -0.1) is 0 Å². The molecule has 5 atom stereocenters. The Morgan fingerprint density at radius 3 is 2.68 bits per heavy atom. The number of esters is 1. The molecule has 3 fully saturated rings. The Balaban J connectivity index is 1.57. The summed E-state index contributed by atoms with van der Waals surface area (Å²) in [5.74, 6) is -0.0757. The van der Waals surface area contributed by atoms with Crippen molar-refractivity contribution in [2.75, 3.05) is 0 Å². The van der Waals surface area contributed by atoms with E-state index in [4.69, 9.17) is 9.47 Å². The minimum atomic E-state index is -0.298. The van der Waals surface area contributed by atoms with Gasteiger partial charge in [-0.2, -0.15) is 0 Å². The van der Waals surface area contributed by atoms with E-state index in [1.165, 1.54) is 4.46 Å². The Hall–Kier alpha value is -0.351. The van der Waals surface area contributed by atoms with Crippen LogP contribution in [0.25, 0.3) is 0 Å². The van der Waals surface area contributed by atoms with Crippen LogP contribution in [0.3, 0.4) is 0 Å². The molecule has 1 spiro atoms. The van der Waals surface area contributed by atoms with Crippen LogP contribution < -0.4 is 4.46 Å². The average molecular weight is 388 g/mol. The number of carbonyl (C=O) groups excluding carboxylic acids is 1. The van der Waals surface area contributed by atoms with E-state index in [1.807, 2.05) is 6.07 Å². The second-order valence-corrected chi connectivity index (χ2v) is 9.04. The van der Waals surface area contributed by atoms with Gasteiger partial charge in [-0.3, -0.25) is 0 Å². The van der Waals surface area contributed by atoms with Crippen molar-refractivity contribution in [2.45, 2.75) is 40.3 Å². The summed E-state index contributed by atoms with van der Waals surface area (Å²) in [4.78, 5) is 12.0. The fraction of sp³-hybridized carbons (Fsp3) is 0.500. The first-order valence-electron chi connectivity index (χ1n) is 6.41. The van der Waals surface area contributed by atoms with Crippen molar-refractivity contribution >= 4 is 41.3 Å². The summed E-state index contributed by atoms with van der Waals surface area (Å²) in [6.45, 7) is 0. The number of hydrogen-bond donors (Lipinski definition) is 0. The van der Waals surface area contributed by atoms with Gasteiger partial charge in [0, 0.05) is 0 Å². The van der Waals surface area contributed by atoms with E-state index in [-0.39, 0.29) is 23.8 Å². The van der Waals surface area contributed by atoms with Crippen LogP contribution in [0.4, 0.5) is 0 Å². The topological polar surface area (TPSA) is 35.5 Å². The summed E-state index contributed by atoms with van der Waals surface area (Å²) >= 11 is 4.13. The molecule has 1 aromatic carbocycles. The number of carbonyl (C=O) groups is 1. The number of hydrogen-bond acceptors (Lipinski definition) is 3. The Morgan fingerprint density at radius 1 is 1.32 bits per heavy atom. The molecule has 5 heteroatoms. The number of benzene rings is 1. The van der Waals surface area contributed by atoms with Crippen LogP contribution >= 0.6 is 15.9 Å². The molecule has 0 unspecified atom stereocenters. The van der Waals surface area contributed by atoms with Crippen LogP contribution in [-0.2, 0) is 14.3 Å². The zero-order chi connectivity index (χ0) is 13.0. The molecule has 3 heterocycles.